The number of amides is 1. The number of rotatable bonds is 6. The molecule has 1 aromatic carbocycles. The summed E-state index contributed by atoms with van der Waals surface area (Å²) < 4.78 is 5.35. The molecule has 2 rings (SSSR count). The molecule has 5 nitrogen and oxygen atoms in total. The van der Waals surface area contributed by atoms with Gasteiger partial charge in [-0.15, -0.1) is 0 Å². The number of nitrogens with one attached hydrogen (secondary N) is 1. The third kappa shape index (κ3) is 3.67. The van der Waals surface area contributed by atoms with Gasteiger partial charge in [0.05, 0.1) is 0 Å². The van der Waals surface area contributed by atoms with Crippen molar-refractivity contribution in [1.82, 2.24) is 5.32 Å². The maximum Gasteiger partial charge on any atom is 0.329 e. The number of ether oxygens (including phenoxy) is 1. The zero-order valence-electron chi connectivity index (χ0n) is 12.5. The Labute approximate surface area is 130 Å². The van der Waals surface area contributed by atoms with Crippen molar-refractivity contribution in [3.05, 3.63) is 42.5 Å². The standard InChI is InChI=1S/C17H21NO4/c1-2-12-22-14-8-6-13(7-9-14)15(19)18-17(16(20)21)10-4-3-5-11-17/h2,6-9H,1,3-5,10-12H2,(H,18,19)(H,20,21). The SMILES string of the molecule is C=CCOc1ccc(C(=O)NC2(C(=O)O)CCCCC2)cc1. The van der Waals surface area contributed by atoms with E-state index >= 15 is 0 Å². The average molecular weight is 303 g/mol. The first-order chi connectivity index (χ1) is 10.6. The van der Waals surface area contributed by atoms with Crippen molar-refractivity contribution in [3.8, 4) is 5.75 Å². The van der Waals surface area contributed by atoms with Gasteiger partial charge in [0.1, 0.15) is 17.9 Å². The number of aliphatic carboxylic acids is 1. The van der Waals surface area contributed by atoms with E-state index in [1.165, 1.54) is 0 Å². The molecular weight excluding hydrogens is 282 g/mol. The summed E-state index contributed by atoms with van der Waals surface area (Å²) in [5.74, 6) is -0.673. The zero-order valence-corrected chi connectivity index (χ0v) is 12.5. The van der Waals surface area contributed by atoms with Crippen LogP contribution >= 0.6 is 0 Å². The lowest BCUT2D eigenvalue weighted by Crippen LogP contribution is -2.55. The molecule has 0 saturated heterocycles. The van der Waals surface area contributed by atoms with Crippen molar-refractivity contribution in [2.45, 2.75) is 37.6 Å². The van der Waals surface area contributed by atoms with Gasteiger partial charge in [0.25, 0.3) is 5.91 Å². The van der Waals surface area contributed by atoms with Gasteiger partial charge in [0.2, 0.25) is 0 Å². The fraction of sp³-hybridized carbons (Fsp3) is 0.412. The van der Waals surface area contributed by atoms with E-state index in [2.05, 4.69) is 11.9 Å². The van der Waals surface area contributed by atoms with Crippen LogP contribution < -0.4 is 10.1 Å². The van der Waals surface area contributed by atoms with Crippen LogP contribution in [0.2, 0.25) is 0 Å². The van der Waals surface area contributed by atoms with Crippen LogP contribution in [0, 0.1) is 0 Å². The third-order valence-corrected chi connectivity index (χ3v) is 3.95. The highest BCUT2D eigenvalue weighted by molar-refractivity contribution is 5.98. The Morgan fingerprint density at radius 3 is 2.41 bits per heavy atom. The van der Waals surface area contributed by atoms with E-state index < -0.39 is 11.5 Å². The minimum absolute atomic E-state index is 0.362. The molecule has 22 heavy (non-hydrogen) atoms. The predicted octanol–water partition coefficient (Wildman–Crippen LogP) is 2.77. The number of carbonyl (C=O) groups is 2. The second kappa shape index (κ2) is 7.11. The van der Waals surface area contributed by atoms with Gasteiger partial charge in [0, 0.05) is 5.56 Å². The highest BCUT2D eigenvalue weighted by Crippen LogP contribution is 2.29. The van der Waals surface area contributed by atoms with Crippen molar-refractivity contribution in [3.63, 3.8) is 0 Å². The second-order valence-corrected chi connectivity index (χ2v) is 5.53. The number of benzene rings is 1. The van der Waals surface area contributed by atoms with Crippen LogP contribution in [0.25, 0.3) is 0 Å². The van der Waals surface area contributed by atoms with Gasteiger partial charge >= 0.3 is 5.97 Å². The molecule has 118 valence electrons. The molecule has 0 spiro atoms. The van der Waals surface area contributed by atoms with Crippen LogP contribution in [0.15, 0.2) is 36.9 Å². The summed E-state index contributed by atoms with van der Waals surface area (Å²) in [4.78, 5) is 23.9. The van der Waals surface area contributed by atoms with Crippen LogP contribution in [0.4, 0.5) is 0 Å². The molecule has 0 radical (unpaired) electrons. The third-order valence-electron chi connectivity index (χ3n) is 3.95. The number of hydrogen-bond donors (Lipinski definition) is 2. The quantitative estimate of drug-likeness (QED) is 0.792. The molecule has 0 aliphatic heterocycles. The molecule has 0 aromatic heterocycles. The number of carbonyl (C=O) groups excluding carboxylic acids is 1. The zero-order chi connectivity index (χ0) is 16.0. The fourth-order valence-electron chi connectivity index (χ4n) is 2.69. The Kier molecular flexibility index (Phi) is 5.20. The lowest BCUT2D eigenvalue weighted by atomic mass is 9.81. The van der Waals surface area contributed by atoms with Gasteiger partial charge in [-0.2, -0.15) is 0 Å². The van der Waals surface area contributed by atoms with E-state index in [0.29, 0.717) is 30.8 Å². The van der Waals surface area contributed by atoms with E-state index in [1.54, 1.807) is 30.3 Å². The molecule has 0 atom stereocenters. The van der Waals surface area contributed by atoms with Crippen molar-refractivity contribution in [2.24, 2.45) is 0 Å². The Morgan fingerprint density at radius 1 is 1.23 bits per heavy atom. The summed E-state index contributed by atoms with van der Waals surface area (Å²) in [5.41, 5.74) is -0.704. The first-order valence-corrected chi connectivity index (χ1v) is 7.47. The van der Waals surface area contributed by atoms with E-state index in [4.69, 9.17) is 4.74 Å². The molecule has 0 heterocycles. The molecule has 1 fully saturated rings. The minimum atomic E-state index is -1.13. The predicted molar refractivity (Wildman–Crippen MR) is 83.1 cm³/mol. The van der Waals surface area contributed by atoms with Crippen molar-refractivity contribution >= 4 is 11.9 Å². The Morgan fingerprint density at radius 2 is 1.86 bits per heavy atom. The van der Waals surface area contributed by atoms with Gasteiger partial charge in [-0.3, -0.25) is 4.79 Å². The summed E-state index contributed by atoms with van der Waals surface area (Å²) in [6.45, 7) is 3.96. The topological polar surface area (TPSA) is 75.6 Å². The normalized spacial score (nSPS) is 16.5. The van der Waals surface area contributed by atoms with E-state index in [9.17, 15) is 14.7 Å². The van der Waals surface area contributed by atoms with E-state index in [1.807, 2.05) is 0 Å². The van der Waals surface area contributed by atoms with Crippen molar-refractivity contribution < 1.29 is 19.4 Å². The number of hydrogen-bond acceptors (Lipinski definition) is 3. The highest BCUT2D eigenvalue weighted by Gasteiger charge is 2.41. The molecule has 1 aliphatic rings. The van der Waals surface area contributed by atoms with Crippen LogP contribution in [-0.4, -0.2) is 29.1 Å². The summed E-state index contributed by atoms with van der Waals surface area (Å²) in [6.07, 6.45) is 5.26. The van der Waals surface area contributed by atoms with Crippen LogP contribution in [0.1, 0.15) is 42.5 Å². The van der Waals surface area contributed by atoms with Gasteiger partial charge in [-0.1, -0.05) is 31.9 Å². The van der Waals surface area contributed by atoms with E-state index in [0.717, 1.165) is 19.3 Å². The number of carboxylic acid groups (broad SMARTS) is 1. The lowest BCUT2D eigenvalue weighted by molar-refractivity contribution is -0.145. The molecule has 2 N–H and O–H groups in total. The summed E-state index contributed by atoms with van der Waals surface area (Å²) >= 11 is 0. The average Bonchev–Trinajstić information content (AvgIpc) is 2.54. The Hall–Kier alpha value is -2.30. The van der Waals surface area contributed by atoms with Gasteiger partial charge in [-0.05, 0) is 37.1 Å². The maximum atomic E-state index is 12.3. The smallest absolute Gasteiger partial charge is 0.329 e. The fourth-order valence-corrected chi connectivity index (χ4v) is 2.69. The van der Waals surface area contributed by atoms with E-state index in [-0.39, 0.29) is 5.91 Å². The molecule has 5 heteroatoms. The van der Waals surface area contributed by atoms with Crippen molar-refractivity contribution in [1.29, 1.82) is 0 Å². The Bertz CT molecular complexity index is 544. The first kappa shape index (κ1) is 16.1. The lowest BCUT2D eigenvalue weighted by Gasteiger charge is -2.34. The molecular formula is C17H21NO4. The maximum absolute atomic E-state index is 12.3. The molecule has 1 aliphatic carbocycles. The largest absolute Gasteiger partial charge is 0.490 e. The molecule has 0 bridgehead atoms. The summed E-state index contributed by atoms with van der Waals surface area (Å²) in [7, 11) is 0. The van der Waals surface area contributed by atoms with Gasteiger partial charge in [-0.25, -0.2) is 4.79 Å². The van der Waals surface area contributed by atoms with Crippen LogP contribution in [0.3, 0.4) is 0 Å². The van der Waals surface area contributed by atoms with Gasteiger partial charge < -0.3 is 15.2 Å². The minimum Gasteiger partial charge on any atom is -0.490 e. The monoisotopic (exact) mass is 303 g/mol. The van der Waals surface area contributed by atoms with Gasteiger partial charge in [0.15, 0.2) is 0 Å². The first-order valence-electron chi connectivity index (χ1n) is 7.47. The highest BCUT2D eigenvalue weighted by atomic mass is 16.5. The molecule has 1 aromatic rings. The molecule has 1 amide bonds. The summed E-state index contributed by atoms with van der Waals surface area (Å²) in [5, 5.41) is 12.2. The summed E-state index contributed by atoms with van der Waals surface area (Å²) in [6, 6.07) is 6.64. The molecule has 0 unspecified atom stereocenters. The van der Waals surface area contributed by atoms with Crippen LogP contribution in [-0.2, 0) is 4.79 Å². The second-order valence-electron chi connectivity index (χ2n) is 5.53. The molecule has 1 saturated carbocycles. The van der Waals surface area contributed by atoms with Crippen LogP contribution in [0.5, 0.6) is 5.75 Å². The van der Waals surface area contributed by atoms with Crippen molar-refractivity contribution in [2.75, 3.05) is 6.61 Å². The Balaban J connectivity index is 2.06. The number of carboxylic acids is 1.